The van der Waals surface area contributed by atoms with Gasteiger partial charge in [0.25, 0.3) is 6.43 Å². The third-order valence-corrected chi connectivity index (χ3v) is 2.00. The molecule has 2 rings (SSSR count). The van der Waals surface area contributed by atoms with Crippen molar-refractivity contribution in [3.63, 3.8) is 0 Å². The molecule has 0 saturated carbocycles. The van der Waals surface area contributed by atoms with E-state index in [4.69, 9.17) is 5.73 Å². The highest BCUT2D eigenvalue weighted by atomic mass is 19.3. The van der Waals surface area contributed by atoms with Crippen LogP contribution >= 0.6 is 0 Å². The zero-order valence-electron chi connectivity index (χ0n) is 7.41. The molecule has 4 nitrogen and oxygen atoms in total. The fourth-order valence-electron chi connectivity index (χ4n) is 1.28. The van der Waals surface area contributed by atoms with Gasteiger partial charge in [0.05, 0.1) is 17.4 Å². The van der Waals surface area contributed by atoms with E-state index in [0.717, 1.165) is 0 Å². The van der Waals surface area contributed by atoms with E-state index in [1.807, 2.05) is 0 Å². The van der Waals surface area contributed by atoms with Gasteiger partial charge >= 0.3 is 0 Å². The van der Waals surface area contributed by atoms with E-state index in [1.54, 1.807) is 7.05 Å². The van der Waals surface area contributed by atoms with Crippen molar-refractivity contribution in [1.29, 1.82) is 0 Å². The van der Waals surface area contributed by atoms with Crippen LogP contribution < -0.4 is 5.73 Å². The summed E-state index contributed by atoms with van der Waals surface area (Å²) in [6, 6.07) is 1.46. The minimum atomic E-state index is -2.65. The van der Waals surface area contributed by atoms with E-state index in [9.17, 15) is 8.78 Å². The molecule has 0 bridgehead atoms. The van der Waals surface area contributed by atoms with Gasteiger partial charge in [-0.1, -0.05) is 0 Å². The maximum Gasteiger partial charge on any atom is 0.282 e. The number of aromatic nitrogens is 3. The van der Waals surface area contributed by atoms with Crippen molar-refractivity contribution in [2.45, 2.75) is 6.43 Å². The predicted octanol–water partition coefficient (Wildman–Crippen LogP) is 1.49. The number of nitrogens with zero attached hydrogens (tertiary/aromatic N) is 3. The number of hydrogen-bond donors (Lipinski definition) is 1. The average molecular weight is 198 g/mol. The molecule has 0 aliphatic heterocycles. The Morgan fingerprint density at radius 2 is 2.21 bits per heavy atom. The van der Waals surface area contributed by atoms with Crippen LogP contribution in [-0.2, 0) is 7.05 Å². The standard InChI is InChI=1S/C8H8F2N4/c1-14-6-2-4(11)7(8(9)10)13-5(6)3-12-14/h2-3,8H,11H2,1H3. The summed E-state index contributed by atoms with van der Waals surface area (Å²) in [5, 5.41) is 3.89. The lowest BCUT2D eigenvalue weighted by atomic mass is 10.2. The smallest absolute Gasteiger partial charge is 0.282 e. The van der Waals surface area contributed by atoms with E-state index in [2.05, 4.69) is 10.1 Å². The van der Waals surface area contributed by atoms with Gasteiger partial charge in [-0.3, -0.25) is 4.68 Å². The normalized spacial score (nSPS) is 11.4. The van der Waals surface area contributed by atoms with Gasteiger partial charge in [0.2, 0.25) is 0 Å². The average Bonchev–Trinajstić information content (AvgIpc) is 2.46. The molecule has 0 fully saturated rings. The van der Waals surface area contributed by atoms with Crippen LogP contribution in [0.5, 0.6) is 0 Å². The van der Waals surface area contributed by atoms with Crippen LogP contribution in [0.4, 0.5) is 14.5 Å². The van der Waals surface area contributed by atoms with Gasteiger partial charge in [0, 0.05) is 7.05 Å². The van der Waals surface area contributed by atoms with Crippen molar-refractivity contribution < 1.29 is 8.78 Å². The highest BCUT2D eigenvalue weighted by Crippen LogP contribution is 2.25. The van der Waals surface area contributed by atoms with Gasteiger partial charge in [-0.25, -0.2) is 13.8 Å². The number of aryl methyl sites for hydroxylation is 1. The topological polar surface area (TPSA) is 56.7 Å². The lowest BCUT2D eigenvalue weighted by Gasteiger charge is -2.03. The van der Waals surface area contributed by atoms with Crippen LogP contribution in [0, 0.1) is 0 Å². The molecule has 0 atom stereocenters. The summed E-state index contributed by atoms with van der Waals surface area (Å²) in [6.07, 6.45) is -1.22. The quantitative estimate of drug-likeness (QED) is 0.755. The first-order chi connectivity index (χ1) is 6.59. The number of fused-ring (bicyclic) bond motifs is 1. The summed E-state index contributed by atoms with van der Waals surface area (Å²) < 4.78 is 26.3. The van der Waals surface area contributed by atoms with Gasteiger partial charge in [-0.2, -0.15) is 5.10 Å². The highest BCUT2D eigenvalue weighted by Gasteiger charge is 2.15. The molecule has 2 N–H and O–H groups in total. The van der Waals surface area contributed by atoms with Crippen LogP contribution in [0.15, 0.2) is 12.3 Å². The molecular formula is C8H8F2N4. The number of nitrogens with two attached hydrogens (primary N) is 1. The number of hydrogen-bond acceptors (Lipinski definition) is 3. The molecule has 0 aromatic carbocycles. The molecule has 6 heteroatoms. The van der Waals surface area contributed by atoms with Gasteiger partial charge in [-0.15, -0.1) is 0 Å². The van der Waals surface area contributed by atoms with Crippen LogP contribution in [0.3, 0.4) is 0 Å². The molecule has 0 radical (unpaired) electrons. The molecule has 0 aliphatic carbocycles. The SMILES string of the molecule is Cn1ncc2nc(C(F)F)c(N)cc21. The van der Waals surface area contributed by atoms with Gasteiger partial charge in [0.15, 0.2) is 0 Å². The van der Waals surface area contributed by atoms with Gasteiger partial charge in [-0.05, 0) is 6.07 Å². The number of anilines is 1. The van der Waals surface area contributed by atoms with E-state index in [1.165, 1.54) is 16.9 Å². The lowest BCUT2D eigenvalue weighted by Crippen LogP contribution is -1.99. The van der Waals surface area contributed by atoms with Crippen LogP contribution in [0.2, 0.25) is 0 Å². The Labute approximate surface area is 78.3 Å². The second-order valence-corrected chi connectivity index (χ2v) is 2.94. The Balaban J connectivity index is 2.72. The highest BCUT2D eigenvalue weighted by molar-refractivity contribution is 5.78. The molecule has 0 spiro atoms. The molecule has 0 saturated heterocycles. The molecule has 2 heterocycles. The summed E-state index contributed by atoms with van der Waals surface area (Å²) >= 11 is 0. The van der Waals surface area contributed by atoms with E-state index >= 15 is 0 Å². The molecule has 2 aromatic heterocycles. The van der Waals surface area contributed by atoms with E-state index in [-0.39, 0.29) is 11.4 Å². The Morgan fingerprint density at radius 3 is 2.86 bits per heavy atom. The molecule has 74 valence electrons. The van der Waals surface area contributed by atoms with Crippen molar-refractivity contribution >= 4 is 16.7 Å². The number of halogens is 2. The molecule has 2 aromatic rings. The summed E-state index contributed by atoms with van der Waals surface area (Å²) in [6.45, 7) is 0. The zero-order valence-corrected chi connectivity index (χ0v) is 7.41. The largest absolute Gasteiger partial charge is 0.397 e. The minimum Gasteiger partial charge on any atom is -0.397 e. The lowest BCUT2D eigenvalue weighted by molar-refractivity contribution is 0.147. The second kappa shape index (κ2) is 2.90. The Hall–Kier alpha value is -1.72. The third-order valence-electron chi connectivity index (χ3n) is 2.00. The number of alkyl halides is 2. The second-order valence-electron chi connectivity index (χ2n) is 2.94. The summed E-state index contributed by atoms with van der Waals surface area (Å²) in [4.78, 5) is 3.74. The van der Waals surface area contributed by atoms with Crippen molar-refractivity contribution in [1.82, 2.24) is 14.8 Å². The van der Waals surface area contributed by atoms with Crippen LogP contribution in [0.25, 0.3) is 11.0 Å². The summed E-state index contributed by atoms with van der Waals surface area (Å²) in [5.41, 5.74) is 6.12. The number of pyridine rings is 1. The van der Waals surface area contributed by atoms with Crippen molar-refractivity contribution in [2.24, 2.45) is 7.05 Å². The molecule has 0 amide bonds. The van der Waals surface area contributed by atoms with Crippen molar-refractivity contribution in [3.8, 4) is 0 Å². The maximum absolute atomic E-state index is 12.4. The molecule has 0 unspecified atom stereocenters. The van der Waals surface area contributed by atoms with Gasteiger partial charge < -0.3 is 5.73 Å². The fourth-order valence-corrected chi connectivity index (χ4v) is 1.28. The first-order valence-electron chi connectivity index (χ1n) is 3.96. The summed E-state index contributed by atoms with van der Waals surface area (Å²) in [7, 11) is 1.70. The number of rotatable bonds is 1. The fraction of sp³-hybridized carbons (Fsp3) is 0.250. The predicted molar refractivity (Wildman–Crippen MR) is 47.9 cm³/mol. The van der Waals surface area contributed by atoms with Crippen molar-refractivity contribution in [2.75, 3.05) is 5.73 Å². The minimum absolute atomic E-state index is 0.00361. The zero-order chi connectivity index (χ0) is 10.3. The van der Waals surface area contributed by atoms with Crippen LogP contribution in [-0.4, -0.2) is 14.8 Å². The first kappa shape index (κ1) is 8.86. The molecular weight excluding hydrogens is 190 g/mol. The molecule has 0 aliphatic rings. The molecule has 14 heavy (non-hydrogen) atoms. The van der Waals surface area contributed by atoms with E-state index < -0.39 is 6.43 Å². The third kappa shape index (κ3) is 1.19. The Bertz CT molecular complexity index is 477. The monoisotopic (exact) mass is 198 g/mol. The Kier molecular flexibility index (Phi) is 1.83. The van der Waals surface area contributed by atoms with Crippen LogP contribution in [0.1, 0.15) is 12.1 Å². The summed E-state index contributed by atoms with van der Waals surface area (Å²) in [5.74, 6) is 0. The van der Waals surface area contributed by atoms with Gasteiger partial charge in [0.1, 0.15) is 11.2 Å². The first-order valence-corrected chi connectivity index (χ1v) is 3.96. The van der Waals surface area contributed by atoms with E-state index in [0.29, 0.717) is 11.0 Å². The Morgan fingerprint density at radius 1 is 1.50 bits per heavy atom. The maximum atomic E-state index is 12.4. The number of nitrogen functional groups attached to an aromatic ring is 1. The van der Waals surface area contributed by atoms with Crippen molar-refractivity contribution in [3.05, 3.63) is 18.0 Å².